The van der Waals surface area contributed by atoms with Gasteiger partial charge in [0.25, 0.3) is 5.95 Å². The summed E-state index contributed by atoms with van der Waals surface area (Å²) in [7, 11) is 3.22. The molecule has 7 heteroatoms. The van der Waals surface area contributed by atoms with Crippen LogP contribution in [0, 0.1) is 6.92 Å². The van der Waals surface area contributed by atoms with Crippen molar-refractivity contribution in [3.8, 4) is 11.5 Å². The number of aromatic nitrogens is 3. The summed E-state index contributed by atoms with van der Waals surface area (Å²) in [5.74, 6) is 2.47. The Hall–Kier alpha value is -3.48. The third kappa shape index (κ3) is 3.19. The van der Waals surface area contributed by atoms with Gasteiger partial charge in [-0.1, -0.05) is 29.8 Å². The molecule has 0 amide bonds. The Balaban J connectivity index is 1.72. The van der Waals surface area contributed by atoms with Crippen molar-refractivity contribution in [1.82, 2.24) is 14.8 Å². The number of hydrogen-bond acceptors (Lipinski definition) is 6. The van der Waals surface area contributed by atoms with Crippen LogP contribution in [-0.2, 0) is 6.54 Å². The average molecular weight is 361 g/mol. The van der Waals surface area contributed by atoms with Crippen molar-refractivity contribution < 1.29 is 9.47 Å². The van der Waals surface area contributed by atoms with Gasteiger partial charge in [-0.25, -0.2) is 4.99 Å². The zero-order valence-electron chi connectivity index (χ0n) is 15.4. The lowest BCUT2D eigenvalue weighted by Crippen LogP contribution is -2.20. The third-order valence-electron chi connectivity index (χ3n) is 4.34. The van der Waals surface area contributed by atoms with E-state index in [0.29, 0.717) is 35.5 Å². The van der Waals surface area contributed by atoms with Crippen molar-refractivity contribution >= 4 is 17.5 Å². The first-order valence-corrected chi connectivity index (χ1v) is 8.51. The molecule has 27 heavy (non-hydrogen) atoms. The highest BCUT2D eigenvalue weighted by atomic mass is 16.5. The minimum atomic E-state index is 0.516. The number of fused-ring (bicyclic) bond motifs is 1. The second-order valence-electron chi connectivity index (χ2n) is 6.13. The molecule has 1 aliphatic heterocycles. The van der Waals surface area contributed by atoms with Gasteiger partial charge in [-0.15, -0.1) is 0 Å². The highest BCUT2D eigenvalue weighted by Crippen LogP contribution is 2.30. The van der Waals surface area contributed by atoms with Gasteiger partial charge >= 0.3 is 0 Å². The number of ether oxygens (including phenoxy) is 2. The molecule has 0 atom stereocenters. The van der Waals surface area contributed by atoms with E-state index < -0.39 is 0 Å². The van der Waals surface area contributed by atoms with Crippen LogP contribution in [0.25, 0.3) is 0 Å². The molecule has 0 spiro atoms. The van der Waals surface area contributed by atoms with Gasteiger partial charge in [-0.05, 0) is 30.7 Å². The van der Waals surface area contributed by atoms with Gasteiger partial charge in [0, 0.05) is 5.56 Å². The first-order chi connectivity index (χ1) is 13.2. The molecule has 0 saturated heterocycles. The van der Waals surface area contributed by atoms with E-state index in [1.807, 2.05) is 18.2 Å². The summed E-state index contributed by atoms with van der Waals surface area (Å²) in [6.45, 7) is 2.59. The number of nitrogens with zero attached hydrogens (tertiary/aromatic N) is 5. The van der Waals surface area contributed by atoms with Gasteiger partial charge < -0.3 is 9.47 Å². The Labute approximate surface area is 157 Å². The molecule has 136 valence electrons. The number of aryl methyl sites for hydroxylation is 1. The standard InChI is InChI=1S/C20H19N5O2/c1-13-4-6-14(7-5-13)11-21-19-18(24-20-22-12-23-25(19)20)15-8-9-16(26-2)17(10-15)27-3/h4-10,12H,11H2,1-3H3. The van der Waals surface area contributed by atoms with Crippen LogP contribution in [0.4, 0.5) is 5.95 Å². The monoisotopic (exact) mass is 361 g/mol. The van der Waals surface area contributed by atoms with Crippen molar-refractivity contribution in [2.24, 2.45) is 9.98 Å². The van der Waals surface area contributed by atoms with E-state index in [1.165, 1.54) is 11.9 Å². The van der Waals surface area contributed by atoms with Gasteiger partial charge in [0.15, 0.2) is 17.3 Å². The Morgan fingerprint density at radius 1 is 1.00 bits per heavy atom. The summed E-state index contributed by atoms with van der Waals surface area (Å²) < 4.78 is 12.4. The van der Waals surface area contributed by atoms with Crippen LogP contribution in [0.1, 0.15) is 16.7 Å². The van der Waals surface area contributed by atoms with Crippen LogP contribution >= 0.6 is 0 Å². The summed E-state index contributed by atoms with van der Waals surface area (Å²) in [5, 5.41) is 4.26. The van der Waals surface area contributed by atoms with Crippen LogP contribution < -0.4 is 9.47 Å². The molecule has 0 unspecified atom stereocenters. The maximum atomic E-state index is 5.41. The Morgan fingerprint density at radius 2 is 1.78 bits per heavy atom. The molecule has 4 rings (SSSR count). The van der Waals surface area contributed by atoms with E-state index >= 15 is 0 Å². The summed E-state index contributed by atoms with van der Waals surface area (Å²) in [5.41, 5.74) is 3.91. The van der Waals surface area contributed by atoms with Gasteiger partial charge in [0.2, 0.25) is 0 Å². The normalized spacial score (nSPS) is 14.2. The minimum Gasteiger partial charge on any atom is -0.493 e. The topological polar surface area (TPSA) is 73.9 Å². The van der Waals surface area contributed by atoms with Crippen LogP contribution in [0.5, 0.6) is 11.5 Å². The van der Waals surface area contributed by atoms with Gasteiger partial charge in [-0.2, -0.15) is 14.8 Å². The van der Waals surface area contributed by atoms with E-state index in [4.69, 9.17) is 14.5 Å². The molecule has 0 saturated carbocycles. The molecule has 2 aromatic carbocycles. The van der Waals surface area contributed by atoms with E-state index in [2.05, 4.69) is 46.3 Å². The number of aliphatic imine (C=N–C) groups is 2. The number of benzene rings is 2. The fourth-order valence-electron chi connectivity index (χ4n) is 2.89. The van der Waals surface area contributed by atoms with Gasteiger partial charge in [-0.3, -0.25) is 4.99 Å². The SMILES string of the molecule is COc1ccc(C2=Nc3ncnn3C2=NCc2ccc(C)cc2)cc1OC. The molecular formula is C20H19N5O2. The fourth-order valence-corrected chi connectivity index (χ4v) is 2.89. The second kappa shape index (κ2) is 7.03. The smallest absolute Gasteiger partial charge is 0.254 e. The molecule has 1 aromatic heterocycles. The Morgan fingerprint density at radius 3 is 2.52 bits per heavy atom. The van der Waals surface area contributed by atoms with E-state index in [1.54, 1.807) is 18.9 Å². The zero-order chi connectivity index (χ0) is 18.8. The van der Waals surface area contributed by atoms with Crippen molar-refractivity contribution in [3.63, 3.8) is 0 Å². The highest BCUT2D eigenvalue weighted by molar-refractivity contribution is 6.50. The number of rotatable bonds is 5. The zero-order valence-corrected chi connectivity index (χ0v) is 15.4. The van der Waals surface area contributed by atoms with E-state index in [0.717, 1.165) is 11.1 Å². The molecule has 0 N–H and O–H groups in total. The number of hydrogen-bond donors (Lipinski definition) is 0. The van der Waals surface area contributed by atoms with Crippen molar-refractivity contribution in [2.75, 3.05) is 14.2 Å². The highest BCUT2D eigenvalue weighted by Gasteiger charge is 2.26. The summed E-state index contributed by atoms with van der Waals surface area (Å²) in [6, 6.07) is 14.0. The Bertz CT molecular complexity index is 1030. The third-order valence-corrected chi connectivity index (χ3v) is 4.34. The fraction of sp³-hybridized carbons (Fsp3) is 0.200. The molecule has 1 aliphatic rings. The molecule has 2 heterocycles. The summed E-state index contributed by atoms with van der Waals surface area (Å²) in [4.78, 5) is 13.6. The molecule has 3 aromatic rings. The van der Waals surface area contributed by atoms with Crippen molar-refractivity contribution in [3.05, 3.63) is 65.5 Å². The van der Waals surface area contributed by atoms with Crippen molar-refractivity contribution in [2.45, 2.75) is 13.5 Å². The van der Waals surface area contributed by atoms with E-state index in [-0.39, 0.29) is 0 Å². The second-order valence-corrected chi connectivity index (χ2v) is 6.13. The van der Waals surface area contributed by atoms with Crippen LogP contribution in [0.3, 0.4) is 0 Å². The summed E-state index contributed by atoms with van der Waals surface area (Å²) >= 11 is 0. The van der Waals surface area contributed by atoms with Crippen LogP contribution in [0.2, 0.25) is 0 Å². The summed E-state index contributed by atoms with van der Waals surface area (Å²) in [6.07, 6.45) is 1.48. The predicted molar refractivity (Wildman–Crippen MR) is 103 cm³/mol. The lowest BCUT2D eigenvalue weighted by molar-refractivity contribution is 0.355. The predicted octanol–water partition coefficient (Wildman–Crippen LogP) is 3.18. The lowest BCUT2D eigenvalue weighted by Gasteiger charge is -2.10. The largest absolute Gasteiger partial charge is 0.493 e. The first kappa shape index (κ1) is 17.0. The van der Waals surface area contributed by atoms with Gasteiger partial charge in [0.05, 0.1) is 20.8 Å². The van der Waals surface area contributed by atoms with Crippen molar-refractivity contribution in [1.29, 1.82) is 0 Å². The lowest BCUT2D eigenvalue weighted by atomic mass is 10.1. The molecule has 0 radical (unpaired) electrons. The molecule has 0 aliphatic carbocycles. The minimum absolute atomic E-state index is 0.516. The molecule has 7 nitrogen and oxygen atoms in total. The first-order valence-electron chi connectivity index (χ1n) is 8.51. The average Bonchev–Trinajstić information content (AvgIpc) is 3.28. The molecule has 0 bridgehead atoms. The van der Waals surface area contributed by atoms with E-state index in [9.17, 15) is 0 Å². The molecule has 0 fully saturated rings. The maximum Gasteiger partial charge on any atom is 0.254 e. The van der Waals surface area contributed by atoms with Crippen LogP contribution in [-0.4, -0.2) is 40.5 Å². The van der Waals surface area contributed by atoms with Gasteiger partial charge in [0.1, 0.15) is 12.0 Å². The number of methoxy groups -OCH3 is 2. The van der Waals surface area contributed by atoms with Crippen LogP contribution in [0.15, 0.2) is 58.8 Å². The Kier molecular flexibility index (Phi) is 4.42. The quantitative estimate of drug-likeness (QED) is 0.699. The maximum absolute atomic E-state index is 5.41. The molecular weight excluding hydrogens is 342 g/mol.